The third-order valence-electron chi connectivity index (χ3n) is 2.83. The molecule has 0 fully saturated rings. The van der Waals surface area contributed by atoms with Crippen LogP contribution in [0.15, 0.2) is 24.3 Å². The minimum absolute atomic E-state index is 0.111. The molecule has 0 N–H and O–H groups in total. The van der Waals surface area contributed by atoms with Gasteiger partial charge in [0.1, 0.15) is 0 Å². The van der Waals surface area contributed by atoms with Gasteiger partial charge in [0.15, 0.2) is 0 Å². The third kappa shape index (κ3) is 4.02. The molecule has 0 aliphatic heterocycles. The van der Waals surface area contributed by atoms with Crippen molar-refractivity contribution in [1.82, 2.24) is 0 Å². The topological polar surface area (TPSA) is 26.3 Å². The second-order valence-corrected chi connectivity index (χ2v) is 5.41. The maximum atomic E-state index is 11.3. The SMILES string of the molecule is CCOC(=O)/C=C/c1cc(C(C)(C)C)ccc1C. The van der Waals surface area contributed by atoms with E-state index < -0.39 is 0 Å². The number of benzene rings is 1. The fourth-order valence-corrected chi connectivity index (χ4v) is 1.63. The van der Waals surface area contributed by atoms with E-state index in [0.717, 1.165) is 11.1 Å². The van der Waals surface area contributed by atoms with Crippen LogP contribution in [0.5, 0.6) is 0 Å². The van der Waals surface area contributed by atoms with Crippen LogP contribution in [0.4, 0.5) is 0 Å². The van der Waals surface area contributed by atoms with Crippen LogP contribution < -0.4 is 0 Å². The number of esters is 1. The van der Waals surface area contributed by atoms with E-state index in [0.29, 0.717) is 6.61 Å². The highest BCUT2D eigenvalue weighted by Gasteiger charge is 2.14. The molecule has 0 spiro atoms. The van der Waals surface area contributed by atoms with Crippen molar-refractivity contribution < 1.29 is 9.53 Å². The molecule has 0 amide bonds. The summed E-state index contributed by atoms with van der Waals surface area (Å²) < 4.78 is 4.88. The summed E-state index contributed by atoms with van der Waals surface area (Å²) in [6.45, 7) is 10.8. The fraction of sp³-hybridized carbons (Fsp3) is 0.438. The summed E-state index contributed by atoms with van der Waals surface area (Å²) in [5, 5.41) is 0. The van der Waals surface area contributed by atoms with Crippen molar-refractivity contribution in [3.05, 3.63) is 41.0 Å². The lowest BCUT2D eigenvalue weighted by Crippen LogP contribution is -2.11. The van der Waals surface area contributed by atoms with Gasteiger partial charge in [0.2, 0.25) is 0 Å². The molecule has 0 atom stereocenters. The van der Waals surface area contributed by atoms with Gasteiger partial charge < -0.3 is 4.74 Å². The zero-order valence-corrected chi connectivity index (χ0v) is 11.9. The second-order valence-electron chi connectivity index (χ2n) is 5.41. The molecule has 1 aromatic rings. The Morgan fingerprint density at radius 3 is 2.56 bits per heavy atom. The quantitative estimate of drug-likeness (QED) is 0.598. The lowest BCUT2D eigenvalue weighted by atomic mass is 9.85. The maximum absolute atomic E-state index is 11.3. The van der Waals surface area contributed by atoms with Gasteiger partial charge in [0.25, 0.3) is 0 Å². The minimum atomic E-state index is -0.293. The van der Waals surface area contributed by atoms with E-state index in [4.69, 9.17) is 4.74 Å². The Kier molecular flexibility index (Phi) is 4.71. The Bertz CT molecular complexity index is 451. The average molecular weight is 246 g/mol. The smallest absolute Gasteiger partial charge is 0.330 e. The highest BCUT2D eigenvalue weighted by Crippen LogP contribution is 2.25. The zero-order chi connectivity index (χ0) is 13.8. The summed E-state index contributed by atoms with van der Waals surface area (Å²) >= 11 is 0. The summed E-state index contributed by atoms with van der Waals surface area (Å²) in [5.41, 5.74) is 3.59. The van der Waals surface area contributed by atoms with Gasteiger partial charge in [-0.15, -0.1) is 0 Å². The molecule has 1 rings (SSSR count). The van der Waals surface area contributed by atoms with Crippen molar-refractivity contribution >= 4 is 12.0 Å². The van der Waals surface area contributed by atoms with Crippen molar-refractivity contribution in [2.75, 3.05) is 6.61 Å². The van der Waals surface area contributed by atoms with Crippen LogP contribution in [0.2, 0.25) is 0 Å². The summed E-state index contributed by atoms with van der Waals surface area (Å²) in [7, 11) is 0. The van der Waals surface area contributed by atoms with Gasteiger partial charge in [-0.25, -0.2) is 4.79 Å². The van der Waals surface area contributed by atoms with Crippen LogP contribution >= 0.6 is 0 Å². The summed E-state index contributed by atoms with van der Waals surface area (Å²) in [5.74, 6) is -0.293. The van der Waals surface area contributed by atoms with Crippen molar-refractivity contribution in [3.63, 3.8) is 0 Å². The largest absolute Gasteiger partial charge is 0.463 e. The molecule has 18 heavy (non-hydrogen) atoms. The van der Waals surface area contributed by atoms with Crippen LogP contribution in [0.25, 0.3) is 6.08 Å². The summed E-state index contributed by atoms with van der Waals surface area (Å²) in [6.07, 6.45) is 3.31. The molecule has 1 aromatic carbocycles. The van der Waals surface area contributed by atoms with Gasteiger partial charge in [-0.2, -0.15) is 0 Å². The molecule has 98 valence electrons. The van der Waals surface area contributed by atoms with Gasteiger partial charge in [0, 0.05) is 6.08 Å². The van der Waals surface area contributed by atoms with Crippen LogP contribution in [0.1, 0.15) is 44.4 Å². The van der Waals surface area contributed by atoms with Crippen LogP contribution in [0.3, 0.4) is 0 Å². The Hall–Kier alpha value is -1.57. The van der Waals surface area contributed by atoms with Crippen molar-refractivity contribution in [1.29, 1.82) is 0 Å². The standard InChI is InChI=1S/C16H22O2/c1-6-18-15(17)10-8-13-11-14(16(3,4)5)9-7-12(13)2/h7-11H,6H2,1-5H3/b10-8+. The number of carbonyl (C=O) groups is 1. The van der Waals surface area contributed by atoms with E-state index in [1.807, 2.05) is 13.0 Å². The first-order valence-electron chi connectivity index (χ1n) is 6.30. The number of carbonyl (C=O) groups excluding carboxylic acids is 1. The zero-order valence-electron chi connectivity index (χ0n) is 11.9. The van der Waals surface area contributed by atoms with E-state index in [1.165, 1.54) is 11.6 Å². The molecule has 0 bridgehead atoms. The predicted octanol–water partition coefficient (Wildman–Crippen LogP) is 3.87. The molecule has 0 aliphatic carbocycles. The lowest BCUT2D eigenvalue weighted by Gasteiger charge is -2.20. The summed E-state index contributed by atoms with van der Waals surface area (Å²) in [4.78, 5) is 11.3. The van der Waals surface area contributed by atoms with Gasteiger partial charge in [-0.1, -0.05) is 39.0 Å². The molecule has 0 saturated heterocycles. The van der Waals surface area contributed by atoms with E-state index in [2.05, 4.69) is 39.0 Å². The second kappa shape index (κ2) is 5.85. The lowest BCUT2D eigenvalue weighted by molar-refractivity contribution is -0.137. The molecule has 0 unspecified atom stereocenters. The van der Waals surface area contributed by atoms with E-state index in [1.54, 1.807) is 6.92 Å². The number of hydrogen-bond donors (Lipinski definition) is 0. The molecule has 2 heteroatoms. The first kappa shape index (κ1) is 14.5. The number of hydrogen-bond acceptors (Lipinski definition) is 2. The van der Waals surface area contributed by atoms with Gasteiger partial charge in [0.05, 0.1) is 6.61 Å². The van der Waals surface area contributed by atoms with Crippen molar-refractivity contribution in [2.24, 2.45) is 0 Å². The normalized spacial score (nSPS) is 11.8. The molecule has 2 nitrogen and oxygen atoms in total. The first-order valence-corrected chi connectivity index (χ1v) is 6.30. The van der Waals surface area contributed by atoms with Crippen molar-refractivity contribution in [2.45, 2.75) is 40.0 Å². The monoisotopic (exact) mass is 246 g/mol. The molecular weight excluding hydrogens is 224 g/mol. The Labute approximate surface area is 110 Å². The van der Waals surface area contributed by atoms with E-state index in [-0.39, 0.29) is 11.4 Å². The maximum Gasteiger partial charge on any atom is 0.330 e. The predicted molar refractivity (Wildman–Crippen MR) is 75.5 cm³/mol. The molecular formula is C16H22O2. The molecule has 0 heterocycles. The highest BCUT2D eigenvalue weighted by atomic mass is 16.5. The number of ether oxygens (including phenoxy) is 1. The van der Waals surface area contributed by atoms with Gasteiger partial charge in [-0.05, 0) is 42.0 Å². The van der Waals surface area contributed by atoms with Crippen LogP contribution in [-0.4, -0.2) is 12.6 Å². The molecule has 0 aliphatic rings. The van der Waals surface area contributed by atoms with Crippen molar-refractivity contribution in [3.8, 4) is 0 Å². The number of rotatable bonds is 3. The first-order chi connectivity index (χ1) is 8.34. The van der Waals surface area contributed by atoms with Crippen LogP contribution in [0, 0.1) is 6.92 Å². The Morgan fingerprint density at radius 1 is 1.33 bits per heavy atom. The molecule has 0 aromatic heterocycles. The van der Waals surface area contributed by atoms with E-state index in [9.17, 15) is 4.79 Å². The fourth-order valence-electron chi connectivity index (χ4n) is 1.63. The third-order valence-corrected chi connectivity index (χ3v) is 2.83. The Balaban J connectivity index is 2.98. The van der Waals surface area contributed by atoms with E-state index >= 15 is 0 Å². The Morgan fingerprint density at radius 2 is 2.00 bits per heavy atom. The van der Waals surface area contributed by atoms with Gasteiger partial charge >= 0.3 is 5.97 Å². The molecule has 0 saturated carbocycles. The number of aryl methyl sites for hydroxylation is 1. The average Bonchev–Trinajstić information content (AvgIpc) is 2.26. The summed E-state index contributed by atoms with van der Waals surface area (Å²) in [6, 6.07) is 6.35. The minimum Gasteiger partial charge on any atom is -0.463 e. The molecule has 0 radical (unpaired) electrons. The van der Waals surface area contributed by atoms with Gasteiger partial charge in [-0.3, -0.25) is 0 Å². The van der Waals surface area contributed by atoms with Crippen LogP contribution in [-0.2, 0) is 14.9 Å². The highest BCUT2D eigenvalue weighted by molar-refractivity contribution is 5.87.